The molecule has 0 saturated heterocycles. The Morgan fingerprint density at radius 2 is 2.18 bits per heavy atom. The smallest absolute Gasteiger partial charge is 0.191 e. The van der Waals surface area contributed by atoms with Crippen LogP contribution in [0, 0.1) is 0 Å². The quantitative estimate of drug-likeness (QED) is 0.498. The second kappa shape index (κ2) is 7.49. The molecule has 1 unspecified atom stereocenters. The molecule has 0 bridgehead atoms. The maximum Gasteiger partial charge on any atom is 0.191 e. The highest BCUT2D eigenvalue weighted by atomic mass is 16.5. The van der Waals surface area contributed by atoms with Gasteiger partial charge in [-0.25, -0.2) is 0 Å². The highest BCUT2D eigenvalue weighted by Gasteiger charge is 2.33. The second-order valence-electron chi connectivity index (χ2n) is 6.15. The summed E-state index contributed by atoms with van der Waals surface area (Å²) in [4.78, 5) is 4.31. The van der Waals surface area contributed by atoms with Gasteiger partial charge < -0.3 is 20.1 Å². The van der Waals surface area contributed by atoms with Crippen molar-refractivity contribution in [1.29, 1.82) is 0 Å². The summed E-state index contributed by atoms with van der Waals surface area (Å²) >= 11 is 0. The molecule has 1 aromatic carbocycles. The molecule has 5 nitrogen and oxygen atoms in total. The third-order valence-electron chi connectivity index (χ3n) is 3.73. The number of fused-ring (bicyclic) bond motifs is 1. The number of hydrogen-bond acceptors (Lipinski definition) is 3. The number of hydrogen-bond donors (Lipinski definition) is 2. The van der Waals surface area contributed by atoms with E-state index in [-0.39, 0.29) is 11.6 Å². The maximum absolute atomic E-state index is 6.06. The molecule has 0 spiro atoms. The van der Waals surface area contributed by atoms with Gasteiger partial charge in [-0.15, -0.1) is 0 Å². The third kappa shape index (κ3) is 4.37. The van der Waals surface area contributed by atoms with Crippen molar-refractivity contribution in [2.45, 2.75) is 38.3 Å². The van der Waals surface area contributed by atoms with Crippen molar-refractivity contribution in [2.24, 2.45) is 4.99 Å². The molecule has 2 N–H and O–H groups in total. The van der Waals surface area contributed by atoms with E-state index in [2.05, 4.69) is 35.5 Å². The number of guanidine groups is 1. The zero-order valence-electron chi connectivity index (χ0n) is 14.0. The first-order chi connectivity index (χ1) is 10.6. The van der Waals surface area contributed by atoms with Crippen molar-refractivity contribution in [3.63, 3.8) is 0 Å². The molecule has 1 atom stereocenters. The molecule has 0 aromatic heterocycles. The number of rotatable bonds is 5. The molecule has 0 saturated carbocycles. The zero-order chi connectivity index (χ0) is 16.0. The minimum absolute atomic E-state index is 0.188. The van der Waals surface area contributed by atoms with Gasteiger partial charge in [0.1, 0.15) is 11.4 Å². The third-order valence-corrected chi connectivity index (χ3v) is 3.73. The van der Waals surface area contributed by atoms with Crippen molar-refractivity contribution < 1.29 is 9.47 Å². The van der Waals surface area contributed by atoms with Crippen LogP contribution in [-0.4, -0.2) is 38.9 Å². The number of aliphatic imine (C=N–C) groups is 1. The van der Waals surface area contributed by atoms with Crippen LogP contribution in [0.2, 0.25) is 0 Å². The van der Waals surface area contributed by atoms with Crippen LogP contribution in [0.3, 0.4) is 0 Å². The van der Waals surface area contributed by atoms with Crippen LogP contribution in [0.15, 0.2) is 29.3 Å². The summed E-state index contributed by atoms with van der Waals surface area (Å²) in [5, 5.41) is 6.84. The van der Waals surface area contributed by atoms with Crippen LogP contribution in [0.25, 0.3) is 0 Å². The molecule has 0 fully saturated rings. The van der Waals surface area contributed by atoms with E-state index in [0.717, 1.165) is 37.7 Å². The van der Waals surface area contributed by atoms with Crippen LogP contribution < -0.4 is 15.4 Å². The molecule has 1 aromatic rings. The van der Waals surface area contributed by atoms with E-state index in [1.54, 1.807) is 14.2 Å². The largest absolute Gasteiger partial charge is 0.487 e. The molecule has 0 radical (unpaired) electrons. The SMILES string of the molecule is CN=C(NCCCOC)NC1CC(C)(C)Oc2ccccc21. The van der Waals surface area contributed by atoms with Crippen molar-refractivity contribution in [1.82, 2.24) is 10.6 Å². The Balaban J connectivity index is 2.04. The van der Waals surface area contributed by atoms with Crippen molar-refractivity contribution >= 4 is 5.96 Å². The Hall–Kier alpha value is -1.75. The average molecular weight is 305 g/mol. The Bertz CT molecular complexity index is 514. The minimum atomic E-state index is -0.194. The van der Waals surface area contributed by atoms with Gasteiger partial charge in [0.15, 0.2) is 5.96 Å². The monoisotopic (exact) mass is 305 g/mol. The van der Waals surface area contributed by atoms with Crippen LogP contribution >= 0.6 is 0 Å². The number of methoxy groups -OCH3 is 1. The van der Waals surface area contributed by atoms with Gasteiger partial charge in [0, 0.05) is 39.3 Å². The average Bonchev–Trinajstić information content (AvgIpc) is 2.49. The first-order valence-electron chi connectivity index (χ1n) is 7.80. The lowest BCUT2D eigenvalue weighted by molar-refractivity contribution is 0.0694. The summed E-state index contributed by atoms with van der Waals surface area (Å²) < 4.78 is 11.1. The molecule has 2 rings (SSSR count). The summed E-state index contributed by atoms with van der Waals surface area (Å²) in [5.74, 6) is 1.76. The van der Waals surface area contributed by atoms with E-state index in [1.807, 2.05) is 18.2 Å². The fraction of sp³-hybridized carbons (Fsp3) is 0.588. The van der Waals surface area contributed by atoms with E-state index in [4.69, 9.17) is 9.47 Å². The minimum Gasteiger partial charge on any atom is -0.487 e. The van der Waals surface area contributed by atoms with Crippen molar-refractivity contribution in [2.75, 3.05) is 27.3 Å². The first kappa shape index (κ1) is 16.6. The lowest BCUT2D eigenvalue weighted by Crippen LogP contribution is -2.45. The van der Waals surface area contributed by atoms with Crippen LogP contribution in [0.4, 0.5) is 0 Å². The van der Waals surface area contributed by atoms with Crippen LogP contribution in [0.5, 0.6) is 5.75 Å². The second-order valence-corrected chi connectivity index (χ2v) is 6.15. The van der Waals surface area contributed by atoms with Gasteiger partial charge >= 0.3 is 0 Å². The standard InChI is InChI=1S/C17H27N3O2/c1-17(2)12-14(13-8-5-6-9-15(13)22-17)20-16(18-3)19-10-7-11-21-4/h5-6,8-9,14H,7,10-12H2,1-4H3,(H2,18,19,20). The molecule has 1 aliphatic rings. The van der Waals surface area contributed by atoms with Gasteiger partial charge in [0.05, 0.1) is 6.04 Å². The van der Waals surface area contributed by atoms with E-state index >= 15 is 0 Å². The van der Waals surface area contributed by atoms with E-state index in [0.29, 0.717) is 0 Å². The van der Waals surface area contributed by atoms with E-state index in [1.165, 1.54) is 5.56 Å². The van der Waals surface area contributed by atoms with Gasteiger partial charge in [0.2, 0.25) is 0 Å². The first-order valence-corrected chi connectivity index (χ1v) is 7.80. The Kier molecular flexibility index (Phi) is 5.66. The Labute approximate surface area is 133 Å². The summed E-state index contributed by atoms with van der Waals surface area (Å²) in [7, 11) is 3.51. The highest BCUT2D eigenvalue weighted by molar-refractivity contribution is 5.80. The number of para-hydroxylation sites is 1. The summed E-state index contributed by atoms with van der Waals surface area (Å²) in [6, 6.07) is 8.38. The van der Waals surface area contributed by atoms with Crippen molar-refractivity contribution in [3.8, 4) is 5.75 Å². The fourth-order valence-electron chi connectivity index (χ4n) is 2.71. The topological polar surface area (TPSA) is 54.9 Å². The van der Waals surface area contributed by atoms with E-state index < -0.39 is 0 Å². The lowest BCUT2D eigenvalue weighted by Gasteiger charge is -2.38. The molecule has 0 amide bonds. The maximum atomic E-state index is 6.06. The predicted molar refractivity (Wildman–Crippen MR) is 89.5 cm³/mol. The predicted octanol–water partition coefficient (Wildman–Crippen LogP) is 2.49. The molecule has 1 aliphatic heterocycles. The highest BCUT2D eigenvalue weighted by Crippen LogP contribution is 2.39. The number of benzene rings is 1. The van der Waals surface area contributed by atoms with Crippen LogP contribution in [0.1, 0.15) is 38.3 Å². The van der Waals surface area contributed by atoms with Gasteiger partial charge in [0.25, 0.3) is 0 Å². The Morgan fingerprint density at radius 3 is 2.91 bits per heavy atom. The van der Waals surface area contributed by atoms with Crippen LogP contribution in [-0.2, 0) is 4.74 Å². The Morgan fingerprint density at radius 1 is 1.41 bits per heavy atom. The van der Waals surface area contributed by atoms with Gasteiger partial charge in [-0.2, -0.15) is 0 Å². The zero-order valence-corrected chi connectivity index (χ0v) is 14.0. The molecular weight excluding hydrogens is 278 g/mol. The van der Waals surface area contributed by atoms with Crippen molar-refractivity contribution in [3.05, 3.63) is 29.8 Å². The lowest BCUT2D eigenvalue weighted by atomic mass is 9.90. The number of nitrogens with one attached hydrogen (secondary N) is 2. The van der Waals surface area contributed by atoms with Gasteiger partial charge in [-0.3, -0.25) is 4.99 Å². The number of ether oxygens (including phenoxy) is 2. The van der Waals surface area contributed by atoms with Gasteiger partial charge in [-0.05, 0) is 26.3 Å². The fourth-order valence-corrected chi connectivity index (χ4v) is 2.71. The molecule has 0 aliphatic carbocycles. The van der Waals surface area contributed by atoms with E-state index in [9.17, 15) is 0 Å². The molecule has 5 heteroatoms. The molecule has 1 heterocycles. The normalized spacial score (nSPS) is 20.0. The molecule has 22 heavy (non-hydrogen) atoms. The summed E-state index contributed by atoms with van der Waals surface area (Å²) in [6.07, 6.45) is 1.84. The van der Waals surface area contributed by atoms with Gasteiger partial charge in [-0.1, -0.05) is 18.2 Å². The molecule has 122 valence electrons. The summed E-state index contributed by atoms with van der Waals surface area (Å²) in [6.45, 7) is 5.82. The molecular formula is C17H27N3O2. The number of nitrogens with zero attached hydrogens (tertiary/aromatic N) is 1. The summed E-state index contributed by atoms with van der Waals surface area (Å²) in [5.41, 5.74) is 0.989.